The summed E-state index contributed by atoms with van der Waals surface area (Å²) in [5, 5.41) is 3.38. The van der Waals surface area contributed by atoms with E-state index in [1.54, 1.807) is 7.11 Å². The molecule has 0 aliphatic rings. The third kappa shape index (κ3) is 3.05. The SMILES string of the molecule is CNC(c1ccc(OC)c(C)c1)c1ccc(C)c(Br)c1. The van der Waals surface area contributed by atoms with Crippen molar-refractivity contribution < 1.29 is 4.74 Å². The number of nitrogens with one attached hydrogen (secondary N) is 1. The third-order valence-electron chi connectivity index (χ3n) is 3.57. The van der Waals surface area contributed by atoms with Crippen LogP contribution in [0.2, 0.25) is 0 Å². The van der Waals surface area contributed by atoms with E-state index >= 15 is 0 Å². The Labute approximate surface area is 129 Å². The highest BCUT2D eigenvalue weighted by Crippen LogP contribution is 2.29. The van der Waals surface area contributed by atoms with Gasteiger partial charge in [0.25, 0.3) is 0 Å². The van der Waals surface area contributed by atoms with Gasteiger partial charge in [-0.25, -0.2) is 0 Å². The molecule has 0 aromatic heterocycles. The standard InChI is InChI=1S/C17H20BrNO/c1-11-5-6-14(10-15(11)18)17(19-3)13-7-8-16(20-4)12(2)9-13/h5-10,17,19H,1-4H3. The zero-order chi connectivity index (χ0) is 14.7. The number of rotatable bonds is 4. The highest BCUT2D eigenvalue weighted by Gasteiger charge is 2.14. The van der Waals surface area contributed by atoms with Crippen molar-refractivity contribution in [2.45, 2.75) is 19.9 Å². The molecule has 3 heteroatoms. The molecule has 0 amide bonds. The van der Waals surface area contributed by atoms with Crippen LogP contribution in [0.5, 0.6) is 5.75 Å². The number of hydrogen-bond acceptors (Lipinski definition) is 2. The predicted molar refractivity (Wildman–Crippen MR) is 87.5 cm³/mol. The van der Waals surface area contributed by atoms with Gasteiger partial charge in [0.1, 0.15) is 5.75 Å². The van der Waals surface area contributed by atoms with Gasteiger partial charge >= 0.3 is 0 Å². The molecule has 0 saturated carbocycles. The number of methoxy groups -OCH3 is 1. The van der Waals surface area contributed by atoms with Crippen molar-refractivity contribution in [3.8, 4) is 5.75 Å². The van der Waals surface area contributed by atoms with Crippen LogP contribution in [0.3, 0.4) is 0 Å². The van der Waals surface area contributed by atoms with E-state index < -0.39 is 0 Å². The maximum Gasteiger partial charge on any atom is 0.121 e. The first kappa shape index (κ1) is 15.1. The zero-order valence-corrected chi connectivity index (χ0v) is 13.9. The second-order valence-corrected chi connectivity index (χ2v) is 5.81. The summed E-state index contributed by atoms with van der Waals surface area (Å²) in [4.78, 5) is 0. The molecule has 1 atom stereocenters. The van der Waals surface area contributed by atoms with Crippen molar-refractivity contribution in [1.29, 1.82) is 0 Å². The monoisotopic (exact) mass is 333 g/mol. The van der Waals surface area contributed by atoms with Crippen LogP contribution in [0.1, 0.15) is 28.3 Å². The fourth-order valence-corrected chi connectivity index (χ4v) is 2.79. The van der Waals surface area contributed by atoms with Crippen LogP contribution in [0.15, 0.2) is 40.9 Å². The van der Waals surface area contributed by atoms with Gasteiger partial charge in [-0.15, -0.1) is 0 Å². The Morgan fingerprint density at radius 2 is 1.65 bits per heavy atom. The molecule has 1 N–H and O–H groups in total. The van der Waals surface area contributed by atoms with Crippen molar-refractivity contribution in [1.82, 2.24) is 5.32 Å². The van der Waals surface area contributed by atoms with Crippen molar-refractivity contribution in [2.75, 3.05) is 14.2 Å². The molecule has 1 unspecified atom stereocenters. The van der Waals surface area contributed by atoms with Gasteiger partial charge in [-0.2, -0.15) is 0 Å². The minimum Gasteiger partial charge on any atom is -0.496 e. The third-order valence-corrected chi connectivity index (χ3v) is 4.42. The first-order valence-corrected chi connectivity index (χ1v) is 7.44. The molecule has 2 aromatic carbocycles. The topological polar surface area (TPSA) is 21.3 Å². The zero-order valence-electron chi connectivity index (χ0n) is 12.3. The van der Waals surface area contributed by atoms with E-state index in [2.05, 4.69) is 65.4 Å². The summed E-state index contributed by atoms with van der Waals surface area (Å²) in [5.41, 5.74) is 4.88. The molecule has 2 nitrogen and oxygen atoms in total. The maximum atomic E-state index is 5.33. The van der Waals surface area contributed by atoms with Gasteiger partial charge in [0, 0.05) is 4.47 Å². The Balaban J connectivity index is 2.41. The lowest BCUT2D eigenvalue weighted by Crippen LogP contribution is -2.17. The smallest absolute Gasteiger partial charge is 0.121 e. The minimum atomic E-state index is 0.177. The number of aryl methyl sites for hydroxylation is 2. The van der Waals surface area contributed by atoms with Gasteiger partial charge in [-0.05, 0) is 55.3 Å². The highest BCUT2D eigenvalue weighted by atomic mass is 79.9. The summed E-state index contributed by atoms with van der Waals surface area (Å²) in [5.74, 6) is 0.925. The molecule has 2 aromatic rings. The van der Waals surface area contributed by atoms with Crippen LogP contribution >= 0.6 is 15.9 Å². The molecule has 106 valence electrons. The van der Waals surface area contributed by atoms with Crippen molar-refractivity contribution in [3.63, 3.8) is 0 Å². The summed E-state index contributed by atoms with van der Waals surface area (Å²) in [6.45, 7) is 4.17. The lowest BCUT2D eigenvalue weighted by Gasteiger charge is -2.19. The van der Waals surface area contributed by atoms with Crippen molar-refractivity contribution in [3.05, 3.63) is 63.1 Å². The van der Waals surface area contributed by atoms with Crippen LogP contribution in [0, 0.1) is 13.8 Å². The molecule has 0 aliphatic heterocycles. The Morgan fingerprint density at radius 1 is 1.00 bits per heavy atom. The number of ether oxygens (including phenoxy) is 1. The Hall–Kier alpha value is -1.32. The van der Waals surface area contributed by atoms with Gasteiger partial charge in [0.05, 0.1) is 13.2 Å². The summed E-state index contributed by atoms with van der Waals surface area (Å²) in [6.07, 6.45) is 0. The van der Waals surface area contributed by atoms with Crippen LogP contribution < -0.4 is 10.1 Å². The summed E-state index contributed by atoms with van der Waals surface area (Å²) in [6, 6.07) is 13.0. The maximum absolute atomic E-state index is 5.33. The average molecular weight is 334 g/mol. The second-order valence-electron chi connectivity index (χ2n) is 4.96. The summed E-state index contributed by atoms with van der Waals surface area (Å²) < 4.78 is 6.47. The molecule has 0 saturated heterocycles. The Morgan fingerprint density at radius 3 is 2.20 bits per heavy atom. The molecule has 0 bridgehead atoms. The molecule has 0 aliphatic carbocycles. The predicted octanol–water partition coefficient (Wildman–Crippen LogP) is 4.38. The van der Waals surface area contributed by atoms with Crippen molar-refractivity contribution >= 4 is 15.9 Å². The van der Waals surface area contributed by atoms with E-state index in [1.165, 1.54) is 16.7 Å². The van der Waals surface area contributed by atoms with E-state index in [0.717, 1.165) is 15.8 Å². The van der Waals surface area contributed by atoms with Crippen LogP contribution in [0.25, 0.3) is 0 Å². The Kier molecular flexibility index (Phi) is 4.84. The molecule has 0 heterocycles. The highest BCUT2D eigenvalue weighted by molar-refractivity contribution is 9.10. The van der Waals surface area contributed by atoms with Gasteiger partial charge in [0.2, 0.25) is 0 Å². The van der Waals surface area contributed by atoms with Crippen molar-refractivity contribution in [2.24, 2.45) is 0 Å². The normalized spacial score (nSPS) is 12.2. The molecule has 0 fully saturated rings. The molecular formula is C17H20BrNO. The van der Waals surface area contributed by atoms with E-state index in [1.807, 2.05) is 13.1 Å². The lowest BCUT2D eigenvalue weighted by molar-refractivity contribution is 0.411. The van der Waals surface area contributed by atoms with E-state index in [0.29, 0.717) is 0 Å². The lowest BCUT2D eigenvalue weighted by atomic mass is 9.96. The molecule has 2 rings (SSSR count). The quantitative estimate of drug-likeness (QED) is 0.896. The summed E-state index contributed by atoms with van der Waals surface area (Å²) in [7, 11) is 3.69. The van der Waals surface area contributed by atoms with Gasteiger partial charge in [-0.3, -0.25) is 0 Å². The fourth-order valence-electron chi connectivity index (χ4n) is 2.40. The van der Waals surface area contributed by atoms with Crippen LogP contribution in [-0.4, -0.2) is 14.2 Å². The Bertz CT molecular complexity index is 610. The second kappa shape index (κ2) is 6.42. The van der Waals surface area contributed by atoms with Crippen LogP contribution in [0.4, 0.5) is 0 Å². The van der Waals surface area contributed by atoms with Gasteiger partial charge in [-0.1, -0.05) is 40.2 Å². The first-order chi connectivity index (χ1) is 9.56. The van der Waals surface area contributed by atoms with Gasteiger partial charge < -0.3 is 10.1 Å². The largest absolute Gasteiger partial charge is 0.496 e. The number of benzene rings is 2. The number of halogens is 1. The van der Waals surface area contributed by atoms with Gasteiger partial charge in [0.15, 0.2) is 0 Å². The van der Waals surface area contributed by atoms with E-state index in [4.69, 9.17) is 4.74 Å². The van der Waals surface area contributed by atoms with E-state index in [-0.39, 0.29) is 6.04 Å². The molecule has 20 heavy (non-hydrogen) atoms. The average Bonchev–Trinajstić information content (AvgIpc) is 2.44. The fraction of sp³-hybridized carbons (Fsp3) is 0.294. The van der Waals surface area contributed by atoms with Crippen LogP contribution in [-0.2, 0) is 0 Å². The minimum absolute atomic E-state index is 0.177. The molecule has 0 radical (unpaired) electrons. The number of hydrogen-bond donors (Lipinski definition) is 1. The first-order valence-electron chi connectivity index (χ1n) is 6.64. The summed E-state index contributed by atoms with van der Waals surface area (Å²) >= 11 is 3.61. The molecule has 0 spiro atoms. The molecular weight excluding hydrogens is 314 g/mol. The van der Waals surface area contributed by atoms with E-state index in [9.17, 15) is 0 Å².